The molecule has 2 rings (SSSR count). The Morgan fingerprint density at radius 1 is 0.773 bits per heavy atom. The Labute approximate surface area is 128 Å². The van der Waals surface area contributed by atoms with E-state index >= 15 is 0 Å². The van der Waals surface area contributed by atoms with Gasteiger partial charge in [-0.25, -0.2) is 16.8 Å². The second-order valence-corrected chi connectivity index (χ2v) is 8.11. The molecule has 6 nitrogen and oxygen atoms in total. The molecule has 1 N–H and O–H groups in total. The van der Waals surface area contributed by atoms with Crippen molar-refractivity contribution >= 4 is 25.8 Å². The molecule has 2 aromatic carbocycles. The normalized spacial score (nSPS) is 12.0. The molecule has 116 valence electrons. The van der Waals surface area contributed by atoms with Crippen LogP contribution in [-0.2, 0) is 20.0 Å². The Balaban J connectivity index is 2.34. The van der Waals surface area contributed by atoms with Gasteiger partial charge in [-0.05, 0) is 31.2 Å². The average Bonchev–Trinajstić information content (AvgIpc) is 2.47. The molecular formula is C14H13NO5S2. The number of Topliss-reactive ketones (excluding diaryl/α,β-unsaturated/α-hetero) is 1. The number of carbonyl (C=O) groups excluding carboxylic acids is 1. The fourth-order valence-corrected chi connectivity index (χ4v) is 4.64. The number of ketones is 1. The van der Waals surface area contributed by atoms with Crippen molar-refractivity contribution in [2.45, 2.75) is 16.7 Å². The van der Waals surface area contributed by atoms with Crippen LogP contribution < -0.4 is 4.13 Å². The second-order valence-electron chi connectivity index (χ2n) is 4.48. The summed E-state index contributed by atoms with van der Waals surface area (Å²) in [4.78, 5) is 10.8. The smallest absolute Gasteiger partial charge is 0.253 e. The zero-order valence-electron chi connectivity index (χ0n) is 11.6. The van der Waals surface area contributed by atoms with E-state index < -0.39 is 20.0 Å². The molecule has 0 saturated heterocycles. The maximum atomic E-state index is 12.1. The van der Waals surface area contributed by atoms with Gasteiger partial charge in [0.15, 0.2) is 5.78 Å². The predicted molar refractivity (Wildman–Crippen MR) is 80.4 cm³/mol. The van der Waals surface area contributed by atoms with Crippen LogP contribution in [0.4, 0.5) is 0 Å². The lowest BCUT2D eigenvalue weighted by molar-refractivity contribution is 0.101. The zero-order valence-corrected chi connectivity index (χ0v) is 13.2. The quantitative estimate of drug-likeness (QED) is 0.834. The molecule has 0 aromatic heterocycles. The third-order valence-corrected chi connectivity index (χ3v) is 6.38. The first-order chi connectivity index (χ1) is 10.2. The van der Waals surface area contributed by atoms with Crippen molar-refractivity contribution in [2.75, 3.05) is 0 Å². The first-order valence-corrected chi connectivity index (χ1v) is 9.14. The van der Waals surface area contributed by atoms with Crippen LogP contribution in [0.5, 0.6) is 0 Å². The van der Waals surface area contributed by atoms with Gasteiger partial charge < -0.3 is 0 Å². The molecule has 0 aliphatic carbocycles. The van der Waals surface area contributed by atoms with E-state index in [-0.39, 0.29) is 15.6 Å². The van der Waals surface area contributed by atoms with Gasteiger partial charge in [-0.2, -0.15) is 0 Å². The summed E-state index contributed by atoms with van der Waals surface area (Å²) in [5.74, 6) is -0.214. The summed E-state index contributed by atoms with van der Waals surface area (Å²) in [5, 5.41) is 0. The monoisotopic (exact) mass is 339 g/mol. The Morgan fingerprint density at radius 2 is 1.23 bits per heavy atom. The van der Waals surface area contributed by atoms with Crippen molar-refractivity contribution in [1.82, 2.24) is 4.13 Å². The molecule has 0 heterocycles. The molecular weight excluding hydrogens is 326 g/mol. The summed E-state index contributed by atoms with van der Waals surface area (Å²) in [6.45, 7) is 1.35. The Hall–Kier alpha value is -2.03. The number of carbonyl (C=O) groups is 1. The first-order valence-electron chi connectivity index (χ1n) is 6.17. The Kier molecular flexibility index (Phi) is 4.45. The van der Waals surface area contributed by atoms with Gasteiger partial charge in [0.25, 0.3) is 20.0 Å². The highest BCUT2D eigenvalue weighted by Gasteiger charge is 2.24. The molecule has 0 fully saturated rings. The van der Waals surface area contributed by atoms with Gasteiger partial charge in [0.05, 0.1) is 9.79 Å². The lowest BCUT2D eigenvalue weighted by atomic mass is 10.2. The van der Waals surface area contributed by atoms with E-state index in [2.05, 4.69) is 0 Å². The molecule has 22 heavy (non-hydrogen) atoms. The topological polar surface area (TPSA) is 97.4 Å². The SMILES string of the molecule is CC(=O)c1ccc(S(=O)(=O)NS(=O)(=O)c2ccccc2)cc1. The molecule has 0 spiro atoms. The molecule has 0 bridgehead atoms. The summed E-state index contributed by atoms with van der Waals surface area (Å²) < 4.78 is 50.0. The zero-order chi connectivity index (χ0) is 16.4. The van der Waals surface area contributed by atoms with Crippen molar-refractivity contribution in [3.63, 3.8) is 0 Å². The number of benzene rings is 2. The second kappa shape index (κ2) is 5.99. The highest BCUT2D eigenvalue weighted by atomic mass is 32.3. The fourth-order valence-electron chi connectivity index (χ4n) is 1.71. The van der Waals surface area contributed by atoms with Crippen LogP contribution in [0.25, 0.3) is 0 Å². The van der Waals surface area contributed by atoms with Crippen molar-refractivity contribution in [2.24, 2.45) is 0 Å². The van der Waals surface area contributed by atoms with E-state index in [1.807, 2.05) is 0 Å². The summed E-state index contributed by atoms with van der Waals surface area (Å²) in [6.07, 6.45) is 0. The standard InChI is InChI=1S/C14H13NO5S2/c1-11(16)12-7-9-14(10-8-12)22(19,20)15-21(17,18)13-5-3-2-4-6-13/h2-10,15H,1H3. The van der Waals surface area contributed by atoms with Gasteiger partial charge in [0, 0.05) is 5.56 Å². The van der Waals surface area contributed by atoms with Crippen LogP contribution >= 0.6 is 0 Å². The van der Waals surface area contributed by atoms with Crippen molar-refractivity contribution in [3.05, 3.63) is 60.2 Å². The molecule has 0 saturated carbocycles. The highest BCUT2D eigenvalue weighted by Crippen LogP contribution is 2.15. The summed E-state index contributed by atoms with van der Waals surface area (Å²) in [7, 11) is -8.46. The lowest BCUT2D eigenvalue weighted by Gasteiger charge is -2.08. The van der Waals surface area contributed by atoms with Crippen molar-refractivity contribution < 1.29 is 21.6 Å². The third-order valence-electron chi connectivity index (χ3n) is 2.84. The number of sulfonamides is 2. The summed E-state index contributed by atoms with van der Waals surface area (Å²) >= 11 is 0. The molecule has 0 aliphatic rings. The molecule has 0 atom stereocenters. The number of hydrogen-bond donors (Lipinski definition) is 1. The maximum absolute atomic E-state index is 12.1. The first kappa shape index (κ1) is 16.3. The third kappa shape index (κ3) is 3.59. The molecule has 2 aromatic rings. The molecule has 0 unspecified atom stereocenters. The lowest BCUT2D eigenvalue weighted by Crippen LogP contribution is -2.30. The van der Waals surface area contributed by atoms with Crippen molar-refractivity contribution in [1.29, 1.82) is 0 Å². The Bertz CT molecular complexity index is 886. The van der Waals surface area contributed by atoms with Gasteiger partial charge in [0.1, 0.15) is 0 Å². The Morgan fingerprint density at radius 3 is 1.68 bits per heavy atom. The van der Waals surface area contributed by atoms with Crippen molar-refractivity contribution in [3.8, 4) is 0 Å². The van der Waals surface area contributed by atoms with Crippen LogP contribution in [0.3, 0.4) is 0 Å². The van der Waals surface area contributed by atoms with E-state index in [1.165, 1.54) is 55.5 Å². The van der Waals surface area contributed by atoms with E-state index in [0.29, 0.717) is 5.56 Å². The molecule has 8 heteroatoms. The van der Waals surface area contributed by atoms with E-state index in [1.54, 1.807) is 10.2 Å². The van der Waals surface area contributed by atoms with E-state index in [4.69, 9.17) is 0 Å². The minimum atomic E-state index is -4.26. The van der Waals surface area contributed by atoms with Gasteiger partial charge in [0.2, 0.25) is 0 Å². The number of hydrogen-bond acceptors (Lipinski definition) is 5. The largest absolute Gasteiger partial charge is 0.295 e. The fraction of sp³-hybridized carbons (Fsp3) is 0.0714. The minimum Gasteiger partial charge on any atom is -0.295 e. The van der Waals surface area contributed by atoms with Crippen LogP contribution in [0.15, 0.2) is 64.4 Å². The molecule has 0 amide bonds. The van der Waals surface area contributed by atoms with E-state index in [9.17, 15) is 21.6 Å². The summed E-state index contributed by atoms with van der Waals surface area (Å²) in [6, 6.07) is 12.2. The van der Waals surface area contributed by atoms with Crippen LogP contribution in [0, 0.1) is 0 Å². The molecule has 0 aliphatic heterocycles. The average molecular weight is 339 g/mol. The van der Waals surface area contributed by atoms with Crippen LogP contribution in [-0.4, -0.2) is 22.6 Å². The minimum absolute atomic E-state index is 0.154. The summed E-state index contributed by atoms with van der Waals surface area (Å²) in [5.41, 5.74) is 0.338. The van der Waals surface area contributed by atoms with E-state index in [0.717, 1.165) is 0 Å². The number of nitrogens with one attached hydrogen (secondary N) is 1. The van der Waals surface area contributed by atoms with Gasteiger partial charge in [-0.15, -0.1) is 4.13 Å². The predicted octanol–water partition coefficient (Wildman–Crippen LogP) is 1.56. The van der Waals surface area contributed by atoms with Crippen LogP contribution in [0.1, 0.15) is 17.3 Å². The highest BCUT2D eigenvalue weighted by molar-refractivity contribution is 8.04. The van der Waals surface area contributed by atoms with Gasteiger partial charge >= 0.3 is 0 Å². The van der Waals surface area contributed by atoms with Gasteiger partial charge in [-0.1, -0.05) is 30.3 Å². The maximum Gasteiger partial charge on any atom is 0.253 e. The molecule has 0 radical (unpaired) electrons. The number of rotatable bonds is 5. The van der Waals surface area contributed by atoms with Gasteiger partial charge in [-0.3, -0.25) is 4.79 Å². The van der Waals surface area contributed by atoms with Crippen LogP contribution in [0.2, 0.25) is 0 Å².